The summed E-state index contributed by atoms with van der Waals surface area (Å²) >= 11 is 0. The van der Waals surface area contributed by atoms with E-state index in [1.54, 1.807) is 41.1 Å². The number of aliphatic hydroxyl groups excluding tert-OH is 2. The number of aliphatic hydroxyl groups is 3. The zero-order chi connectivity index (χ0) is 48.2. The normalized spacial score (nSPS) is 37.8. The number of rotatable bonds is 6. The molecule has 0 aromatic carbocycles. The third kappa shape index (κ3) is 14.3. The van der Waals surface area contributed by atoms with Crippen LogP contribution in [0.3, 0.4) is 0 Å². The lowest BCUT2D eigenvalue weighted by Crippen LogP contribution is -2.61. The van der Waals surface area contributed by atoms with Gasteiger partial charge in [0, 0.05) is 58.5 Å². The van der Waals surface area contributed by atoms with Crippen molar-refractivity contribution in [2.24, 2.45) is 35.5 Å². The van der Waals surface area contributed by atoms with Crippen LogP contribution < -0.4 is 0 Å². The summed E-state index contributed by atoms with van der Waals surface area (Å²) < 4.78 is 29.4. The third-order valence-corrected chi connectivity index (χ3v) is 14.5. The van der Waals surface area contributed by atoms with Gasteiger partial charge in [-0.2, -0.15) is 0 Å². The maximum Gasteiger partial charge on any atom is 0.329 e. The van der Waals surface area contributed by atoms with E-state index in [9.17, 15) is 39.3 Å². The van der Waals surface area contributed by atoms with E-state index in [-0.39, 0.29) is 54.8 Å². The van der Waals surface area contributed by atoms with Crippen molar-refractivity contribution >= 4 is 29.2 Å². The van der Waals surface area contributed by atoms with E-state index in [4.69, 9.17) is 23.7 Å². The number of Topliss-reactive ketones (excluding diaryl/α,β-unsaturated/α-hetero) is 3. The summed E-state index contributed by atoms with van der Waals surface area (Å²) in [5, 5.41) is 33.8. The second kappa shape index (κ2) is 25.1. The summed E-state index contributed by atoms with van der Waals surface area (Å²) in [4.78, 5) is 71.8. The highest BCUT2D eigenvalue weighted by Gasteiger charge is 2.53. The number of cyclic esters (lactones) is 1. The fraction of sp³-hybridized carbons (Fsp3) is 0.745. The van der Waals surface area contributed by atoms with Crippen molar-refractivity contribution < 1.29 is 63.0 Å². The van der Waals surface area contributed by atoms with Crippen LogP contribution in [0, 0.1) is 35.5 Å². The molecule has 1 aliphatic carbocycles. The maximum absolute atomic E-state index is 14.4. The highest BCUT2D eigenvalue weighted by atomic mass is 16.6. The van der Waals surface area contributed by atoms with Crippen molar-refractivity contribution in [3.05, 3.63) is 47.6 Å². The maximum atomic E-state index is 14.4. The number of amides is 1. The van der Waals surface area contributed by atoms with Crippen molar-refractivity contribution in [1.29, 1.82) is 0 Å². The lowest BCUT2D eigenvalue weighted by Gasteiger charge is -2.42. The van der Waals surface area contributed by atoms with Crippen LogP contribution in [0.5, 0.6) is 0 Å². The Kier molecular flexibility index (Phi) is 21.0. The number of hydrogen-bond acceptors (Lipinski definition) is 13. The molecule has 366 valence electrons. The van der Waals surface area contributed by atoms with E-state index >= 15 is 0 Å². The summed E-state index contributed by atoms with van der Waals surface area (Å²) in [6.07, 6.45) is 11.2. The van der Waals surface area contributed by atoms with Crippen molar-refractivity contribution in [3.8, 4) is 0 Å². The second-order valence-corrected chi connectivity index (χ2v) is 19.6. The van der Waals surface area contributed by atoms with Crippen molar-refractivity contribution in [2.45, 2.75) is 180 Å². The standard InChI is InChI=1S/C51H79NO13/c1-30-16-12-11-13-17-31(2)42(61-8)28-38-21-19-36(7)51(60,65-38)48(57)49(58)52-23-15-14-18-39(52)50(59)64-43(33(4)26-37-20-22-40(53)44(27-37)62-9)29-41(54)32(3)25-35(6)46(56)47(63-10)45(55)34(5)24-30/h11-13,16-17,25,30,32-34,36-40,42-44,46-47,53,56,60H,14-15,18-24,26-29H2,1-10H3/t30-,32-,33-,34-,36-,37?,38+,39+,40-,42+,43+,44-,46-,47+,51-/m1/s1. The third-order valence-electron chi connectivity index (χ3n) is 14.5. The number of esters is 1. The predicted molar refractivity (Wildman–Crippen MR) is 245 cm³/mol. The van der Waals surface area contributed by atoms with E-state index in [0.717, 1.165) is 12.0 Å². The van der Waals surface area contributed by atoms with Crippen molar-refractivity contribution in [1.82, 2.24) is 4.90 Å². The first-order valence-corrected chi connectivity index (χ1v) is 23.9. The Hall–Kier alpha value is -3.37. The molecule has 3 heterocycles. The summed E-state index contributed by atoms with van der Waals surface area (Å²) in [6, 6.07) is -1.14. The minimum atomic E-state index is -2.43. The lowest BCUT2D eigenvalue weighted by atomic mass is 9.78. The largest absolute Gasteiger partial charge is 0.460 e. The van der Waals surface area contributed by atoms with Gasteiger partial charge < -0.3 is 43.9 Å². The van der Waals surface area contributed by atoms with Gasteiger partial charge in [-0.25, -0.2) is 4.79 Å². The number of hydrogen-bond donors (Lipinski definition) is 3. The van der Waals surface area contributed by atoms with Gasteiger partial charge in [-0.3, -0.25) is 19.2 Å². The predicted octanol–water partition coefficient (Wildman–Crippen LogP) is 6.18. The van der Waals surface area contributed by atoms with Gasteiger partial charge in [-0.15, -0.1) is 0 Å². The van der Waals surface area contributed by atoms with Gasteiger partial charge >= 0.3 is 5.97 Å². The molecule has 0 aromatic rings. The van der Waals surface area contributed by atoms with E-state index < -0.39 is 83.9 Å². The van der Waals surface area contributed by atoms with Gasteiger partial charge in [-0.1, -0.05) is 71.1 Å². The zero-order valence-electron chi connectivity index (χ0n) is 40.6. The van der Waals surface area contributed by atoms with E-state index in [0.29, 0.717) is 63.4 Å². The molecule has 1 amide bonds. The molecule has 0 radical (unpaired) electrons. The molecule has 3 fully saturated rings. The molecular weight excluding hydrogens is 835 g/mol. The molecule has 4 aliphatic rings. The minimum Gasteiger partial charge on any atom is -0.460 e. The molecule has 1 saturated carbocycles. The zero-order valence-corrected chi connectivity index (χ0v) is 40.6. The molecule has 0 aromatic heterocycles. The van der Waals surface area contributed by atoms with Gasteiger partial charge in [0.2, 0.25) is 5.79 Å². The molecule has 0 spiro atoms. The average molecular weight is 914 g/mol. The Morgan fingerprint density at radius 3 is 2.25 bits per heavy atom. The number of ketones is 3. The van der Waals surface area contributed by atoms with Crippen LogP contribution in [-0.4, -0.2) is 132 Å². The molecule has 14 nitrogen and oxygen atoms in total. The SMILES string of the molecule is CO[C@H]1C[C@@H]2CC[C@@H](C)[C@@](O)(O2)C(=O)C(=O)N2CCCC[C@H]2C(=O)O[C@H]([C@H](C)CC2CC[C@@H](O)[C@H](OC)C2)CC(=O)[C@H](C)C=C(C)[C@@H](O)[C@@H](OC)C(=O)[C@H](C)C[C@H](C)C=CC=CC=C1C. The minimum absolute atomic E-state index is 0.0193. The number of piperidine rings is 1. The number of ether oxygens (including phenoxy) is 5. The molecule has 1 unspecified atom stereocenters. The Morgan fingerprint density at radius 1 is 0.846 bits per heavy atom. The highest BCUT2D eigenvalue weighted by Crippen LogP contribution is 2.38. The van der Waals surface area contributed by atoms with E-state index in [1.165, 1.54) is 12.0 Å². The monoisotopic (exact) mass is 914 g/mol. The van der Waals surface area contributed by atoms with Crippen molar-refractivity contribution in [2.75, 3.05) is 27.9 Å². The highest BCUT2D eigenvalue weighted by molar-refractivity contribution is 6.39. The fourth-order valence-corrected chi connectivity index (χ4v) is 10.1. The molecule has 2 bridgehead atoms. The van der Waals surface area contributed by atoms with E-state index in [2.05, 4.69) is 0 Å². The molecule has 65 heavy (non-hydrogen) atoms. The van der Waals surface area contributed by atoms with Gasteiger partial charge in [0.05, 0.1) is 24.4 Å². The molecule has 3 aliphatic heterocycles. The summed E-state index contributed by atoms with van der Waals surface area (Å²) in [5.74, 6) is -7.96. The average Bonchev–Trinajstić information content (AvgIpc) is 3.28. The van der Waals surface area contributed by atoms with Crippen LogP contribution in [0.2, 0.25) is 0 Å². The van der Waals surface area contributed by atoms with Gasteiger partial charge in [0.1, 0.15) is 30.1 Å². The molecular formula is C51H79NO13. The van der Waals surface area contributed by atoms with Crippen LogP contribution in [0.4, 0.5) is 0 Å². The lowest BCUT2D eigenvalue weighted by molar-refractivity contribution is -0.265. The van der Waals surface area contributed by atoms with Crippen LogP contribution in [0.1, 0.15) is 126 Å². The first-order chi connectivity index (χ1) is 30.7. The van der Waals surface area contributed by atoms with E-state index in [1.807, 2.05) is 58.1 Å². The number of carbonyl (C=O) groups is 5. The first-order valence-electron chi connectivity index (χ1n) is 23.9. The molecule has 2 saturated heterocycles. The topological polar surface area (TPSA) is 195 Å². The second-order valence-electron chi connectivity index (χ2n) is 19.6. The number of fused-ring (bicyclic) bond motifs is 3. The van der Waals surface area contributed by atoms with Gasteiger partial charge in [0.15, 0.2) is 5.78 Å². The van der Waals surface area contributed by atoms with Crippen LogP contribution >= 0.6 is 0 Å². The van der Waals surface area contributed by atoms with Crippen LogP contribution in [0.25, 0.3) is 0 Å². The Morgan fingerprint density at radius 2 is 1.57 bits per heavy atom. The van der Waals surface area contributed by atoms with Crippen LogP contribution in [0.15, 0.2) is 47.6 Å². The number of methoxy groups -OCH3 is 3. The first kappa shape index (κ1) is 54.2. The smallest absolute Gasteiger partial charge is 0.329 e. The quantitative estimate of drug-likeness (QED) is 0.156. The summed E-state index contributed by atoms with van der Waals surface area (Å²) in [5.41, 5.74) is 1.27. The van der Waals surface area contributed by atoms with Gasteiger partial charge in [-0.05, 0) is 107 Å². The van der Waals surface area contributed by atoms with Crippen molar-refractivity contribution in [3.63, 3.8) is 0 Å². The molecule has 14 heteroatoms. The molecule has 4 rings (SSSR count). The number of nitrogens with zero attached hydrogens (tertiary/aromatic N) is 1. The Bertz CT molecular complexity index is 1760. The Labute approximate surface area is 387 Å². The fourth-order valence-electron chi connectivity index (χ4n) is 10.1. The number of carbonyl (C=O) groups excluding carboxylic acids is 5. The molecule has 3 N–H and O–H groups in total. The Balaban J connectivity index is 1.70. The summed E-state index contributed by atoms with van der Waals surface area (Å²) in [6.45, 7) is 12.7. The summed E-state index contributed by atoms with van der Waals surface area (Å²) in [7, 11) is 4.52. The molecule has 15 atom stereocenters. The van der Waals surface area contributed by atoms with Crippen LogP contribution in [-0.2, 0) is 47.7 Å². The van der Waals surface area contributed by atoms with Gasteiger partial charge in [0.25, 0.3) is 11.7 Å². The number of allylic oxidation sites excluding steroid dienone is 6.